The number of amides is 1. The highest BCUT2D eigenvalue weighted by Crippen LogP contribution is 2.35. The van der Waals surface area contributed by atoms with Crippen molar-refractivity contribution in [3.8, 4) is 0 Å². The number of aromatic nitrogens is 1. The summed E-state index contributed by atoms with van der Waals surface area (Å²) in [4.78, 5) is 20.4. The van der Waals surface area contributed by atoms with Crippen LogP contribution < -0.4 is 5.32 Å². The Kier molecular flexibility index (Phi) is 3.99. The lowest BCUT2D eigenvalue weighted by molar-refractivity contribution is -0.118. The molecule has 4 nitrogen and oxygen atoms in total. The molecule has 1 N–H and O–H groups in total. The molecule has 2 aromatic rings. The van der Waals surface area contributed by atoms with E-state index in [1.165, 1.54) is 0 Å². The average Bonchev–Trinajstić information content (AvgIpc) is 2.86. The average molecular weight is 287 g/mol. The molecule has 0 unspecified atom stereocenters. The highest BCUT2D eigenvalue weighted by molar-refractivity contribution is 7.12. The maximum atomic E-state index is 11.7. The van der Waals surface area contributed by atoms with Crippen LogP contribution >= 0.6 is 11.3 Å². The molecule has 0 atom stereocenters. The summed E-state index contributed by atoms with van der Waals surface area (Å²) in [7, 11) is 0. The highest BCUT2D eigenvalue weighted by atomic mass is 32.1. The smallest absolute Gasteiger partial charge is 0.226 e. The number of nitrogens with one attached hydrogen (secondary N) is 1. The number of carbonyl (C=O) groups is 1. The molecule has 2 heterocycles. The monoisotopic (exact) mass is 287 g/mol. The second kappa shape index (κ2) is 5.54. The van der Waals surface area contributed by atoms with E-state index in [-0.39, 0.29) is 19.3 Å². The van der Waals surface area contributed by atoms with Crippen molar-refractivity contribution >= 4 is 34.3 Å². The van der Waals surface area contributed by atoms with Gasteiger partial charge in [-0.25, -0.2) is 9.98 Å². The Morgan fingerprint density at radius 1 is 1.35 bits per heavy atom. The maximum absolute atomic E-state index is 11.7. The van der Waals surface area contributed by atoms with Crippen molar-refractivity contribution in [1.82, 2.24) is 4.98 Å². The van der Waals surface area contributed by atoms with Gasteiger partial charge in [-0.3, -0.25) is 4.79 Å². The molecule has 0 radical (unpaired) electrons. The lowest BCUT2D eigenvalue weighted by atomic mass is 10.0. The highest BCUT2D eigenvalue weighted by Gasteiger charge is 2.22. The molecule has 1 amide bonds. The second-order valence-corrected chi connectivity index (χ2v) is 5.57. The van der Waals surface area contributed by atoms with Gasteiger partial charge < -0.3 is 5.32 Å². The van der Waals surface area contributed by atoms with Gasteiger partial charge in [-0.2, -0.15) is 0 Å². The first-order valence-electron chi connectivity index (χ1n) is 6.09. The Morgan fingerprint density at radius 3 is 2.80 bits per heavy atom. The number of anilines is 1. The van der Waals surface area contributed by atoms with Crippen molar-refractivity contribution in [2.45, 2.75) is 21.3 Å². The normalized spacial score (nSPS) is 12.1. The van der Waals surface area contributed by atoms with E-state index in [0.717, 1.165) is 27.7 Å². The summed E-state index contributed by atoms with van der Waals surface area (Å²) in [5.41, 5.74) is 3.72. The van der Waals surface area contributed by atoms with Gasteiger partial charge in [-0.15, -0.1) is 11.3 Å². The molecular formula is C15H17N3OS. The summed E-state index contributed by atoms with van der Waals surface area (Å²) in [6.45, 7) is 3.75. The summed E-state index contributed by atoms with van der Waals surface area (Å²) in [5.74, 6) is -0.00909. The first-order chi connectivity index (χ1) is 9.15. The topological polar surface area (TPSA) is 54.4 Å². The van der Waals surface area contributed by atoms with Gasteiger partial charge in [-0.1, -0.05) is 21.3 Å². The van der Waals surface area contributed by atoms with Crippen molar-refractivity contribution < 1.29 is 4.79 Å². The van der Waals surface area contributed by atoms with E-state index in [0.29, 0.717) is 0 Å². The SMILES string of the molecule is C.CC(C)C(=O)Nc1ccc2c(c1)C(c1nccs1)=N2. The third kappa shape index (κ3) is 2.49. The van der Waals surface area contributed by atoms with Crippen LogP contribution in [0.1, 0.15) is 31.8 Å². The van der Waals surface area contributed by atoms with Crippen LogP contribution in [0.15, 0.2) is 34.8 Å². The van der Waals surface area contributed by atoms with Gasteiger partial charge in [0.05, 0.1) is 5.69 Å². The number of hydrogen-bond donors (Lipinski definition) is 1. The van der Waals surface area contributed by atoms with Crippen molar-refractivity contribution in [3.63, 3.8) is 0 Å². The van der Waals surface area contributed by atoms with Gasteiger partial charge in [0, 0.05) is 28.7 Å². The zero-order valence-electron chi connectivity index (χ0n) is 10.7. The number of rotatable bonds is 3. The summed E-state index contributed by atoms with van der Waals surface area (Å²) in [6.07, 6.45) is 1.77. The van der Waals surface area contributed by atoms with E-state index in [1.807, 2.05) is 37.4 Å². The Bertz CT molecular complexity index is 660. The van der Waals surface area contributed by atoms with Gasteiger partial charge in [0.15, 0.2) is 0 Å². The van der Waals surface area contributed by atoms with E-state index in [4.69, 9.17) is 0 Å². The van der Waals surface area contributed by atoms with Crippen molar-refractivity contribution in [3.05, 3.63) is 40.3 Å². The van der Waals surface area contributed by atoms with Crippen LogP contribution in [0.2, 0.25) is 0 Å². The van der Waals surface area contributed by atoms with Gasteiger partial charge in [0.25, 0.3) is 0 Å². The third-order valence-electron chi connectivity index (χ3n) is 2.91. The Morgan fingerprint density at radius 2 is 2.15 bits per heavy atom. The van der Waals surface area contributed by atoms with Crippen LogP contribution in [0, 0.1) is 5.92 Å². The fourth-order valence-corrected chi connectivity index (χ4v) is 2.46. The minimum Gasteiger partial charge on any atom is -0.326 e. The molecule has 0 saturated carbocycles. The van der Waals surface area contributed by atoms with E-state index in [1.54, 1.807) is 17.5 Å². The summed E-state index contributed by atoms with van der Waals surface area (Å²) < 4.78 is 0. The van der Waals surface area contributed by atoms with E-state index in [2.05, 4.69) is 15.3 Å². The van der Waals surface area contributed by atoms with Crippen LogP contribution in [-0.4, -0.2) is 16.6 Å². The molecule has 1 aliphatic heterocycles. The van der Waals surface area contributed by atoms with Gasteiger partial charge in [0.2, 0.25) is 5.91 Å². The van der Waals surface area contributed by atoms with Crippen LogP contribution in [0.25, 0.3) is 0 Å². The molecule has 104 valence electrons. The molecule has 0 bridgehead atoms. The molecule has 1 aromatic heterocycles. The number of thiazole rings is 1. The van der Waals surface area contributed by atoms with Crippen molar-refractivity contribution in [2.24, 2.45) is 10.9 Å². The minimum atomic E-state index is -0.0295. The number of carbonyl (C=O) groups excluding carboxylic acids is 1. The molecule has 3 rings (SSSR count). The van der Waals surface area contributed by atoms with Crippen molar-refractivity contribution in [2.75, 3.05) is 5.32 Å². The molecule has 20 heavy (non-hydrogen) atoms. The molecule has 5 heteroatoms. The fourth-order valence-electron chi connectivity index (χ4n) is 1.82. The van der Waals surface area contributed by atoms with E-state index >= 15 is 0 Å². The summed E-state index contributed by atoms with van der Waals surface area (Å²) >= 11 is 1.57. The molecule has 0 fully saturated rings. The van der Waals surface area contributed by atoms with E-state index in [9.17, 15) is 4.79 Å². The summed E-state index contributed by atoms with van der Waals surface area (Å²) in [6, 6.07) is 5.75. The maximum Gasteiger partial charge on any atom is 0.226 e. The molecular weight excluding hydrogens is 270 g/mol. The number of fused-ring (bicyclic) bond motifs is 1. The fraction of sp³-hybridized carbons (Fsp3) is 0.267. The molecule has 0 aliphatic carbocycles. The number of nitrogens with zero attached hydrogens (tertiary/aromatic N) is 2. The number of benzene rings is 1. The third-order valence-corrected chi connectivity index (χ3v) is 3.69. The van der Waals surface area contributed by atoms with Gasteiger partial charge >= 0.3 is 0 Å². The zero-order chi connectivity index (χ0) is 13.4. The number of aliphatic imine (C=N–C) groups is 1. The minimum absolute atomic E-state index is 0. The molecule has 0 spiro atoms. The molecule has 1 aromatic carbocycles. The van der Waals surface area contributed by atoms with Gasteiger partial charge in [-0.05, 0) is 18.2 Å². The quantitative estimate of drug-likeness (QED) is 0.795. The Labute approximate surface area is 122 Å². The molecule has 0 saturated heterocycles. The van der Waals surface area contributed by atoms with Crippen LogP contribution in [0.4, 0.5) is 11.4 Å². The van der Waals surface area contributed by atoms with Crippen LogP contribution in [0.5, 0.6) is 0 Å². The lowest BCUT2D eigenvalue weighted by Crippen LogP contribution is -2.18. The first-order valence-corrected chi connectivity index (χ1v) is 6.97. The predicted molar refractivity (Wildman–Crippen MR) is 84.1 cm³/mol. The number of hydrogen-bond acceptors (Lipinski definition) is 4. The van der Waals surface area contributed by atoms with Gasteiger partial charge in [0.1, 0.15) is 10.7 Å². The van der Waals surface area contributed by atoms with E-state index < -0.39 is 0 Å². The predicted octanol–water partition coefficient (Wildman–Crippen LogP) is 3.86. The second-order valence-electron chi connectivity index (χ2n) is 4.67. The first kappa shape index (κ1) is 14.4. The molecule has 1 aliphatic rings. The zero-order valence-corrected chi connectivity index (χ0v) is 11.5. The standard InChI is InChI=1S/C14H13N3OS.CH4/c1-8(2)13(18)16-9-3-4-11-10(7-9)12(17-11)14-15-5-6-19-14;/h3-8H,1-2H3,(H,16,18);1H4. The lowest BCUT2D eigenvalue weighted by Gasteiger charge is -2.18. The Hall–Kier alpha value is -2.01. The van der Waals surface area contributed by atoms with Crippen LogP contribution in [-0.2, 0) is 4.79 Å². The van der Waals surface area contributed by atoms with Crippen LogP contribution in [0.3, 0.4) is 0 Å². The van der Waals surface area contributed by atoms with Crippen molar-refractivity contribution in [1.29, 1.82) is 0 Å². The largest absolute Gasteiger partial charge is 0.326 e. The summed E-state index contributed by atoms with van der Waals surface area (Å²) in [5, 5.41) is 5.75. The Balaban J connectivity index is 0.00000147.